The van der Waals surface area contributed by atoms with Gasteiger partial charge in [0.15, 0.2) is 0 Å². The molecule has 3 heterocycles. The molecule has 1 amide bonds. The molecule has 18 heavy (non-hydrogen) atoms. The van der Waals surface area contributed by atoms with Gasteiger partial charge in [-0.2, -0.15) is 5.26 Å². The molecule has 0 spiro atoms. The maximum atomic E-state index is 11.9. The SMILES string of the molecule is N#Cc1csc(C2NC(=O)c3cccnc3N2)c1. The van der Waals surface area contributed by atoms with Crippen molar-refractivity contribution in [1.82, 2.24) is 10.3 Å². The van der Waals surface area contributed by atoms with Gasteiger partial charge < -0.3 is 10.6 Å². The molecule has 0 saturated heterocycles. The van der Waals surface area contributed by atoms with Crippen LogP contribution in [0.3, 0.4) is 0 Å². The van der Waals surface area contributed by atoms with Crippen LogP contribution in [-0.2, 0) is 0 Å². The second-order valence-electron chi connectivity index (χ2n) is 3.80. The lowest BCUT2D eigenvalue weighted by Crippen LogP contribution is -2.38. The Hall–Kier alpha value is -2.39. The van der Waals surface area contributed by atoms with Crippen molar-refractivity contribution in [3.63, 3.8) is 0 Å². The van der Waals surface area contributed by atoms with Gasteiger partial charge in [0.1, 0.15) is 18.1 Å². The van der Waals surface area contributed by atoms with Crippen LogP contribution in [0.4, 0.5) is 5.82 Å². The van der Waals surface area contributed by atoms with Gasteiger partial charge in [-0.3, -0.25) is 4.79 Å². The Morgan fingerprint density at radius 1 is 1.44 bits per heavy atom. The van der Waals surface area contributed by atoms with E-state index < -0.39 is 0 Å². The summed E-state index contributed by atoms with van der Waals surface area (Å²) in [5, 5.41) is 16.5. The van der Waals surface area contributed by atoms with Crippen molar-refractivity contribution >= 4 is 23.1 Å². The number of anilines is 1. The highest BCUT2D eigenvalue weighted by Crippen LogP contribution is 2.27. The van der Waals surface area contributed by atoms with E-state index in [2.05, 4.69) is 21.7 Å². The number of carbonyl (C=O) groups excluding carboxylic acids is 1. The van der Waals surface area contributed by atoms with Gasteiger partial charge in [0.25, 0.3) is 5.91 Å². The van der Waals surface area contributed by atoms with Crippen LogP contribution in [0.15, 0.2) is 29.8 Å². The van der Waals surface area contributed by atoms with Crippen LogP contribution < -0.4 is 10.6 Å². The predicted octanol–water partition coefficient (Wildman–Crippen LogP) is 1.87. The molecule has 5 nitrogen and oxygen atoms in total. The molecule has 2 aromatic heterocycles. The third kappa shape index (κ3) is 1.71. The predicted molar refractivity (Wildman–Crippen MR) is 67.1 cm³/mol. The second-order valence-corrected chi connectivity index (χ2v) is 4.74. The van der Waals surface area contributed by atoms with Crippen LogP contribution in [0.5, 0.6) is 0 Å². The van der Waals surface area contributed by atoms with E-state index in [0.29, 0.717) is 16.9 Å². The Kier molecular flexibility index (Phi) is 2.46. The van der Waals surface area contributed by atoms with Gasteiger partial charge in [-0.15, -0.1) is 11.3 Å². The Morgan fingerprint density at radius 3 is 3.11 bits per heavy atom. The normalized spacial score (nSPS) is 17.3. The number of nitrogens with zero attached hydrogens (tertiary/aromatic N) is 2. The number of fused-ring (bicyclic) bond motifs is 1. The summed E-state index contributed by atoms with van der Waals surface area (Å²) >= 11 is 1.43. The van der Waals surface area contributed by atoms with E-state index in [1.54, 1.807) is 29.8 Å². The van der Waals surface area contributed by atoms with Gasteiger partial charge >= 0.3 is 0 Å². The maximum absolute atomic E-state index is 11.9. The molecule has 0 aliphatic carbocycles. The van der Waals surface area contributed by atoms with Crippen LogP contribution in [-0.4, -0.2) is 10.9 Å². The molecule has 3 rings (SSSR count). The fourth-order valence-electron chi connectivity index (χ4n) is 1.79. The molecular weight excluding hydrogens is 248 g/mol. The second kappa shape index (κ2) is 4.13. The summed E-state index contributed by atoms with van der Waals surface area (Å²) in [4.78, 5) is 16.9. The lowest BCUT2D eigenvalue weighted by molar-refractivity contribution is 0.0935. The molecule has 0 saturated carbocycles. The van der Waals surface area contributed by atoms with Gasteiger partial charge in [-0.1, -0.05) is 0 Å². The number of pyridine rings is 1. The molecule has 2 aromatic rings. The number of thiophene rings is 1. The lowest BCUT2D eigenvalue weighted by atomic mass is 10.1. The third-order valence-electron chi connectivity index (χ3n) is 2.64. The average molecular weight is 256 g/mol. The molecule has 0 radical (unpaired) electrons. The zero-order valence-corrected chi connectivity index (χ0v) is 9.99. The van der Waals surface area contributed by atoms with E-state index in [9.17, 15) is 4.79 Å². The number of nitriles is 1. The van der Waals surface area contributed by atoms with Gasteiger partial charge in [-0.25, -0.2) is 4.98 Å². The van der Waals surface area contributed by atoms with Gasteiger partial charge in [-0.05, 0) is 18.2 Å². The van der Waals surface area contributed by atoms with Gasteiger partial charge in [0.05, 0.1) is 11.1 Å². The summed E-state index contributed by atoms with van der Waals surface area (Å²) in [5.41, 5.74) is 1.13. The minimum atomic E-state index is -0.327. The molecule has 88 valence electrons. The summed E-state index contributed by atoms with van der Waals surface area (Å²) in [6, 6.07) is 7.27. The first kappa shape index (κ1) is 10.7. The van der Waals surface area contributed by atoms with Crippen molar-refractivity contribution in [2.75, 3.05) is 5.32 Å². The van der Waals surface area contributed by atoms with Crippen molar-refractivity contribution in [3.05, 3.63) is 45.8 Å². The summed E-state index contributed by atoms with van der Waals surface area (Å²) in [5.74, 6) is 0.409. The fourth-order valence-corrected chi connectivity index (χ4v) is 2.62. The first-order valence-corrected chi connectivity index (χ1v) is 6.17. The highest BCUT2D eigenvalue weighted by atomic mass is 32.1. The van der Waals surface area contributed by atoms with Crippen molar-refractivity contribution in [2.24, 2.45) is 0 Å². The topological polar surface area (TPSA) is 77.8 Å². The number of hydrogen-bond acceptors (Lipinski definition) is 5. The quantitative estimate of drug-likeness (QED) is 0.816. The van der Waals surface area contributed by atoms with Crippen LogP contribution in [0.1, 0.15) is 27.0 Å². The van der Waals surface area contributed by atoms with E-state index in [4.69, 9.17) is 5.26 Å². The first-order valence-electron chi connectivity index (χ1n) is 5.29. The van der Waals surface area contributed by atoms with E-state index in [0.717, 1.165) is 4.88 Å². The molecule has 0 fully saturated rings. The summed E-state index contributed by atoms with van der Waals surface area (Å²) < 4.78 is 0. The Labute approximate surface area is 107 Å². The maximum Gasteiger partial charge on any atom is 0.256 e. The highest BCUT2D eigenvalue weighted by Gasteiger charge is 2.26. The van der Waals surface area contributed by atoms with Gasteiger partial charge in [0.2, 0.25) is 0 Å². The third-order valence-corrected chi connectivity index (χ3v) is 3.64. The van der Waals surface area contributed by atoms with E-state index in [-0.39, 0.29) is 12.1 Å². The summed E-state index contributed by atoms with van der Waals surface area (Å²) in [6.07, 6.45) is 1.31. The number of nitrogens with one attached hydrogen (secondary N) is 2. The molecule has 1 unspecified atom stereocenters. The Bertz CT molecular complexity index is 658. The van der Waals surface area contributed by atoms with Crippen molar-refractivity contribution < 1.29 is 4.79 Å². The van der Waals surface area contributed by atoms with Crippen LogP contribution in [0.2, 0.25) is 0 Å². The number of carbonyl (C=O) groups is 1. The molecule has 6 heteroatoms. The molecule has 0 bridgehead atoms. The van der Waals surface area contributed by atoms with Crippen molar-refractivity contribution in [3.8, 4) is 6.07 Å². The lowest BCUT2D eigenvalue weighted by Gasteiger charge is -2.25. The van der Waals surface area contributed by atoms with E-state index in [1.165, 1.54) is 11.3 Å². The highest BCUT2D eigenvalue weighted by molar-refractivity contribution is 7.10. The largest absolute Gasteiger partial charge is 0.345 e. The summed E-state index contributed by atoms with van der Waals surface area (Å²) in [7, 11) is 0. The van der Waals surface area contributed by atoms with Crippen molar-refractivity contribution in [2.45, 2.75) is 6.17 Å². The Balaban J connectivity index is 1.95. The zero-order valence-electron chi connectivity index (χ0n) is 9.18. The molecular formula is C12H8N4OS. The number of rotatable bonds is 1. The molecule has 1 aliphatic rings. The van der Waals surface area contributed by atoms with Crippen LogP contribution in [0, 0.1) is 11.3 Å². The minimum Gasteiger partial charge on any atom is -0.345 e. The Morgan fingerprint density at radius 2 is 2.33 bits per heavy atom. The standard InChI is InChI=1S/C12H8N4OS/c13-5-7-4-9(18-6-7)11-15-10-8(12(17)16-11)2-1-3-14-10/h1-4,6,11H,(H,14,15)(H,16,17). The number of hydrogen-bond donors (Lipinski definition) is 2. The van der Waals surface area contributed by atoms with Crippen molar-refractivity contribution in [1.29, 1.82) is 5.26 Å². The summed E-state index contributed by atoms with van der Waals surface area (Å²) in [6.45, 7) is 0. The average Bonchev–Trinajstić information content (AvgIpc) is 2.87. The zero-order chi connectivity index (χ0) is 12.5. The van der Waals surface area contributed by atoms with E-state index in [1.807, 2.05) is 0 Å². The molecule has 1 aliphatic heterocycles. The molecule has 2 N–H and O–H groups in total. The smallest absolute Gasteiger partial charge is 0.256 e. The number of aromatic nitrogens is 1. The molecule has 0 aromatic carbocycles. The van der Waals surface area contributed by atoms with Gasteiger partial charge in [0, 0.05) is 16.5 Å². The monoisotopic (exact) mass is 256 g/mol. The molecule has 1 atom stereocenters. The number of amides is 1. The first-order chi connectivity index (χ1) is 8.78. The van der Waals surface area contributed by atoms with E-state index >= 15 is 0 Å². The minimum absolute atomic E-state index is 0.159. The van der Waals surface area contributed by atoms with Crippen LogP contribution in [0.25, 0.3) is 0 Å². The fraction of sp³-hybridized carbons (Fsp3) is 0.0833. The van der Waals surface area contributed by atoms with Crippen LogP contribution >= 0.6 is 11.3 Å².